The lowest BCUT2D eigenvalue weighted by Gasteiger charge is -2.41. The fourth-order valence-electron chi connectivity index (χ4n) is 4.14. The van der Waals surface area contributed by atoms with Gasteiger partial charge in [0.05, 0.1) is 0 Å². The van der Waals surface area contributed by atoms with Gasteiger partial charge in [-0.25, -0.2) is 9.59 Å². The summed E-state index contributed by atoms with van der Waals surface area (Å²) in [6.45, 7) is 6.64. The van der Waals surface area contributed by atoms with Crippen molar-refractivity contribution < 1.29 is 19.8 Å². The third-order valence-corrected chi connectivity index (χ3v) is 5.57. The van der Waals surface area contributed by atoms with Gasteiger partial charge in [-0.1, -0.05) is 31.4 Å². The van der Waals surface area contributed by atoms with E-state index in [0.717, 1.165) is 12.0 Å². The molecule has 0 aromatic rings. The van der Waals surface area contributed by atoms with E-state index in [9.17, 15) is 0 Å². The van der Waals surface area contributed by atoms with Crippen LogP contribution in [0.5, 0.6) is 0 Å². The Labute approximate surface area is 150 Å². The molecule has 2 fully saturated rings. The van der Waals surface area contributed by atoms with Gasteiger partial charge < -0.3 is 15.1 Å². The molecule has 0 amide bonds. The zero-order valence-corrected chi connectivity index (χ0v) is 15.1. The van der Waals surface area contributed by atoms with Gasteiger partial charge >= 0.3 is 11.9 Å². The smallest absolute Gasteiger partial charge is 0.414 e. The van der Waals surface area contributed by atoms with Gasteiger partial charge in [-0.2, -0.15) is 0 Å². The van der Waals surface area contributed by atoms with Crippen LogP contribution in [0.2, 0.25) is 0 Å². The van der Waals surface area contributed by atoms with E-state index in [1.807, 2.05) is 0 Å². The van der Waals surface area contributed by atoms with E-state index in [-0.39, 0.29) is 0 Å². The van der Waals surface area contributed by atoms with Crippen LogP contribution in [0.25, 0.3) is 0 Å². The first-order chi connectivity index (χ1) is 12.1. The first-order valence-corrected chi connectivity index (χ1v) is 9.64. The molecule has 3 rings (SSSR count). The molecule has 1 saturated heterocycles. The van der Waals surface area contributed by atoms with Crippen molar-refractivity contribution in [3.8, 4) is 0 Å². The van der Waals surface area contributed by atoms with Gasteiger partial charge in [0.25, 0.3) is 0 Å². The number of rotatable bonds is 3. The molecule has 6 heteroatoms. The van der Waals surface area contributed by atoms with Crippen LogP contribution in [0.15, 0.2) is 12.2 Å². The van der Waals surface area contributed by atoms with Crippen molar-refractivity contribution >= 4 is 11.9 Å². The Bertz CT molecular complexity index is 440. The number of allylic oxidation sites excluding steroid dienone is 2. The van der Waals surface area contributed by atoms with E-state index in [1.54, 1.807) is 0 Å². The van der Waals surface area contributed by atoms with Crippen LogP contribution in [0.1, 0.15) is 51.4 Å². The molecule has 0 bridgehead atoms. The third-order valence-electron chi connectivity index (χ3n) is 5.57. The molecule has 1 atom stereocenters. The predicted octanol–water partition coefficient (Wildman–Crippen LogP) is 2.45. The van der Waals surface area contributed by atoms with Gasteiger partial charge in [-0.15, -0.1) is 0 Å². The highest BCUT2D eigenvalue weighted by Gasteiger charge is 2.26. The highest BCUT2D eigenvalue weighted by atomic mass is 16.4. The van der Waals surface area contributed by atoms with E-state index < -0.39 is 11.9 Å². The lowest BCUT2D eigenvalue weighted by atomic mass is 9.92. The molecule has 6 nitrogen and oxygen atoms in total. The molecule has 2 N–H and O–H groups in total. The number of carboxylic acid groups (broad SMARTS) is 2. The lowest BCUT2D eigenvalue weighted by molar-refractivity contribution is -0.159. The zero-order valence-electron chi connectivity index (χ0n) is 15.1. The molecule has 0 spiro atoms. The molecule has 0 aromatic carbocycles. The van der Waals surface area contributed by atoms with Crippen LogP contribution in [-0.4, -0.2) is 70.7 Å². The van der Waals surface area contributed by atoms with Crippen molar-refractivity contribution in [1.82, 2.24) is 9.80 Å². The standard InChI is InChI=1S/C17H30N2.C2H2O4/c1-3-7-16(8-4-1)15-18-11-13-19(14-12-18)17-9-5-2-6-10-17;3-1(4)2(5)6/h1,3,16-17H,2,4-15H2;(H,3,4)(H,5,6). The Morgan fingerprint density at radius 2 is 1.52 bits per heavy atom. The molecule has 3 aliphatic rings. The SMILES string of the molecule is C1=CCC(CN2CCN(C3CCCCC3)CC2)CC1.O=C(O)C(=O)O. The Morgan fingerprint density at radius 1 is 0.880 bits per heavy atom. The largest absolute Gasteiger partial charge is 0.473 e. The molecule has 25 heavy (non-hydrogen) atoms. The molecular formula is C19H32N2O4. The van der Waals surface area contributed by atoms with E-state index in [2.05, 4.69) is 22.0 Å². The average Bonchev–Trinajstić information content (AvgIpc) is 2.64. The van der Waals surface area contributed by atoms with Crippen LogP contribution in [-0.2, 0) is 9.59 Å². The highest BCUT2D eigenvalue weighted by Crippen LogP contribution is 2.24. The number of hydrogen-bond acceptors (Lipinski definition) is 4. The molecule has 2 aliphatic carbocycles. The van der Waals surface area contributed by atoms with Crippen LogP contribution < -0.4 is 0 Å². The minimum Gasteiger partial charge on any atom is -0.473 e. The second-order valence-electron chi connectivity index (χ2n) is 7.39. The van der Waals surface area contributed by atoms with Crippen molar-refractivity contribution in [2.75, 3.05) is 32.7 Å². The van der Waals surface area contributed by atoms with Gasteiger partial charge in [0.15, 0.2) is 0 Å². The van der Waals surface area contributed by atoms with Crippen molar-refractivity contribution in [2.45, 2.75) is 57.4 Å². The zero-order chi connectivity index (χ0) is 18.1. The Hall–Kier alpha value is -1.40. The average molecular weight is 352 g/mol. The van der Waals surface area contributed by atoms with Gasteiger partial charge in [-0.05, 0) is 38.0 Å². The van der Waals surface area contributed by atoms with Crippen LogP contribution in [0, 0.1) is 5.92 Å². The van der Waals surface area contributed by atoms with E-state index in [1.165, 1.54) is 84.1 Å². The second-order valence-corrected chi connectivity index (χ2v) is 7.39. The Balaban J connectivity index is 0.000000326. The number of carbonyl (C=O) groups is 2. The summed E-state index contributed by atoms with van der Waals surface area (Å²) in [5.74, 6) is -2.71. The molecule has 1 unspecified atom stereocenters. The topological polar surface area (TPSA) is 81.1 Å². The minimum absolute atomic E-state index is 0.925. The van der Waals surface area contributed by atoms with E-state index in [0.29, 0.717) is 0 Å². The summed E-state index contributed by atoms with van der Waals surface area (Å²) in [4.78, 5) is 23.7. The molecule has 0 aromatic heterocycles. The summed E-state index contributed by atoms with van der Waals surface area (Å²) < 4.78 is 0. The van der Waals surface area contributed by atoms with Crippen LogP contribution in [0.3, 0.4) is 0 Å². The molecule has 1 heterocycles. The maximum absolute atomic E-state index is 9.10. The van der Waals surface area contributed by atoms with Gasteiger partial charge in [-0.3, -0.25) is 4.90 Å². The maximum Gasteiger partial charge on any atom is 0.414 e. The third kappa shape index (κ3) is 7.16. The Kier molecular flexibility index (Phi) is 8.41. The fraction of sp³-hybridized carbons (Fsp3) is 0.789. The molecule has 1 saturated carbocycles. The number of hydrogen-bond donors (Lipinski definition) is 2. The van der Waals surface area contributed by atoms with Crippen LogP contribution in [0.4, 0.5) is 0 Å². The summed E-state index contributed by atoms with van der Waals surface area (Å²) >= 11 is 0. The van der Waals surface area contributed by atoms with Crippen LogP contribution >= 0.6 is 0 Å². The predicted molar refractivity (Wildman–Crippen MR) is 96.6 cm³/mol. The summed E-state index contributed by atoms with van der Waals surface area (Å²) in [6.07, 6.45) is 16.2. The molecule has 1 aliphatic heterocycles. The number of nitrogens with zero attached hydrogens (tertiary/aromatic N) is 2. The minimum atomic E-state index is -1.82. The summed E-state index contributed by atoms with van der Waals surface area (Å²) in [7, 11) is 0. The molecular weight excluding hydrogens is 320 g/mol. The van der Waals surface area contributed by atoms with Crippen molar-refractivity contribution in [3.63, 3.8) is 0 Å². The Morgan fingerprint density at radius 3 is 2.04 bits per heavy atom. The lowest BCUT2D eigenvalue weighted by Crippen LogP contribution is -2.51. The van der Waals surface area contributed by atoms with E-state index >= 15 is 0 Å². The summed E-state index contributed by atoms with van der Waals surface area (Å²) in [5.41, 5.74) is 0. The van der Waals surface area contributed by atoms with Crippen molar-refractivity contribution in [1.29, 1.82) is 0 Å². The van der Waals surface area contributed by atoms with Crippen molar-refractivity contribution in [2.24, 2.45) is 5.92 Å². The first-order valence-electron chi connectivity index (χ1n) is 9.64. The monoisotopic (exact) mass is 352 g/mol. The number of piperazine rings is 1. The van der Waals surface area contributed by atoms with E-state index in [4.69, 9.17) is 19.8 Å². The van der Waals surface area contributed by atoms with Gasteiger partial charge in [0, 0.05) is 38.8 Å². The first kappa shape index (κ1) is 19.9. The van der Waals surface area contributed by atoms with Gasteiger partial charge in [0.1, 0.15) is 0 Å². The molecule has 142 valence electrons. The summed E-state index contributed by atoms with van der Waals surface area (Å²) in [6, 6.07) is 0.925. The number of aliphatic carboxylic acids is 2. The fourth-order valence-corrected chi connectivity index (χ4v) is 4.14. The normalized spacial score (nSPS) is 25.8. The molecule has 0 radical (unpaired) electrons. The highest BCUT2D eigenvalue weighted by molar-refractivity contribution is 6.27. The number of carboxylic acids is 2. The maximum atomic E-state index is 9.10. The van der Waals surface area contributed by atoms with Crippen molar-refractivity contribution in [3.05, 3.63) is 12.2 Å². The quantitative estimate of drug-likeness (QED) is 0.600. The second kappa shape index (κ2) is 10.6. The van der Waals surface area contributed by atoms with Gasteiger partial charge in [0.2, 0.25) is 0 Å². The summed E-state index contributed by atoms with van der Waals surface area (Å²) in [5, 5.41) is 14.8.